The van der Waals surface area contributed by atoms with E-state index in [1.54, 1.807) is 14.2 Å². The smallest absolute Gasteiger partial charge is 0.122 e. The Morgan fingerprint density at radius 3 is 2.53 bits per heavy atom. The molecule has 1 aromatic rings. The molecule has 0 fully saturated rings. The van der Waals surface area contributed by atoms with Crippen LogP contribution in [0.3, 0.4) is 0 Å². The van der Waals surface area contributed by atoms with Gasteiger partial charge in [-0.3, -0.25) is 0 Å². The fourth-order valence-corrected chi connectivity index (χ4v) is 1.93. The molecule has 1 unspecified atom stereocenters. The average molecular weight is 237 g/mol. The Hall–Kier alpha value is -1.22. The molecule has 1 rings (SSSR count). The third-order valence-electron chi connectivity index (χ3n) is 2.93. The summed E-state index contributed by atoms with van der Waals surface area (Å²) in [7, 11) is 3.37. The van der Waals surface area contributed by atoms with Gasteiger partial charge in [-0.15, -0.1) is 0 Å². The molecule has 0 heterocycles. The summed E-state index contributed by atoms with van der Waals surface area (Å²) in [5.41, 5.74) is 7.19. The predicted octanol–water partition coefficient (Wildman–Crippen LogP) is 2.76. The number of nitrogens with two attached hydrogens (primary N) is 1. The van der Waals surface area contributed by atoms with Gasteiger partial charge in [-0.1, -0.05) is 13.3 Å². The van der Waals surface area contributed by atoms with Crippen molar-refractivity contribution in [1.82, 2.24) is 0 Å². The maximum atomic E-state index is 6.02. The first-order valence-electron chi connectivity index (χ1n) is 6.17. The summed E-state index contributed by atoms with van der Waals surface area (Å²) in [5.74, 6) is 1.78. The number of benzene rings is 1. The Bertz CT molecular complexity index is 339. The molecule has 0 aromatic heterocycles. The SMILES string of the molecule is CCCC(N)CCc1cc(OC)ccc1OC. The van der Waals surface area contributed by atoms with Crippen molar-refractivity contribution < 1.29 is 9.47 Å². The summed E-state index contributed by atoms with van der Waals surface area (Å²) in [5, 5.41) is 0. The van der Waals surface area contributed by atoms with E-state index in [1.165, 1.54) is 5.56 Å². The molecule has 0 bridgehead atoms. The summed E-state index contributed by atoms with van der Waals surface area (Å²) in [6, 6.07) is 6.15. The van der Waals surface area contributed by atoms with Crippen LogP contribution in [0, 0.1) is 0 Å². The van der Waals surface area contributed by atoms with Crippen molar-refractivity contribution in [2.75, 3.05) is 14.2 Å². The molecule has 1 aromatic carbocycles. The Morgan fingerprint density at radius 2 is 1.94 bits per heavy atom. The number of hydrogen-bond donors (Lipinski definition) is 1. The summed E-state index contributed by atoms with van der Waals surface area (Å²) in [4.78, 5) is 0. The first kappa shape index (κ1) is 13.8. The molecule has 0 radical (unpaired) electrons. The van der Waals surface area contributed by atoms with Crippen molar-refractivity contribution >= 4 is 0 Å². The fourth-order valence-electron chi connectivity index (χ4n) is 1.93. The minimum atomic E-state index is 0.274. The van der Waals surface area contributed by atoms with Crippen LogP contribution in [0.15, 0.2) is 18.2 Å². The minimum Gasteiger partial charge on any atom is -0.497 e. The maximum Gasteiger partial charge on any atom is 0.122 e. The molecule has 0 spiro atoms. The van der Waals surface area contributed by atoms with Crippen LogP contribution in [-0.4, -0.2) is 20.3 Å². The highest BCUT2D eigenvalue weighted by molar-refractivity contribution is 5.40. The monoisotopic (exact) mass is 237 g/mol. The highest BCUT2D eigenvalue weighted by atomic mass is 16.5. The molecule has 17 heavy (non-hydrogen) atoms. The van der Waals surface area contributed by atoms with E-state index in [-0.39, 0.29) is 6.04 Å². The van der Waals surface area contributed by atoms with E-state index in [0.29, 0.717) is 0 Å². The standard InChI is InChI=1S/C14H23NO2/c1-4-5-12(15)7-6-11-10-13(16-2)8-9-14(11)17-3/h8-10,12H,4-7,15H2,1-3H3. The average Bonchev–Trinajstić information content (AvgIpc) is 2.36. The molecule has 0 saturated carbocycles. The summed E-state index contributed by atoms with van der Waals surface area (Å²) < 4.78 is 10.6. The van der Waals surface area contributed by atoms with Crippen LogP contribution in [-0.2, 0) is 6.42 Å². The van der Waals surface area contributed by atoms with E-state index in [2.05, 4.69) is 6.92 Å². The number of ether oxygens (including phenoxy) is 2. The highest BCUT2D eigenvalue weighted by Gasteiger charge is 2.07. The van der Waals surface area contributed by atoms with Crippen molar-refractivity contribution in [3.8, 4) is 11.5 Å². The first-order valence-corrected chi connectivity index (χ1v) is 6.17. The van der Waals surface area contributed by atoms with Crippen LogP contribution in [0.2, 0.25) is 0 Å². The molecule has 0 aliphatic heterocycles. The molecule has 2 N–H and O–H groups in total. The molecule has 0 saturated heterocycles. The topological polar surface area (TPSA) is 44.5 Å². The predicted molar refractivity (Wildman–Crippen MR) is 70.8 cm³/mol. The van der Waals surface area contributed by atoms with Gasteiger partial charge in [0.2, 0.25) is 0 Å². The third kappa shape index (κ3) is 4.27. The molecular weight excluding hydrogens is 214 g/mol. The van der Waals surface area contributed by atoms with Crippen molar-refractivity contribution in [2.24, 2.45) is 5.73 Å². The van der Waals surface area contributed by atoms with Crippen LogP contribution >= 0.6 is 0 Å². The Kier molecular flexibility index (Phi) is 5.84. The van der Waals surface area contributed by atoms with E-state index in [0.717, 1.165) is 37.2 Å². The zero-order valence-corrected chi connectivity index (χ0v) is 11.0. The summed E-state index contributed by atoms with van der Waals surface area (Å²) in [6.07, 6.45) is 4.13. The normalized spacial score (nSPS) is 12.2. The van der Waals surface area contributed by atoms with Gasteiger partial charge in [0.05, 0.1) is 14.2 Å². The number of hydrogen-bond acceptors (Lipinski definition) is 3. The van der Waals surface area contributed by atoms with Crippen molar-refractivity contribution in [3.63, 3.8) is 0 Å². The van der Waals surface area contributed by atoms with Gasteiger partial charge < -0.3 is 15.2 Å². The van der Waals surface area contributed by atoms with Gasteiger partial charge in [0.1, 0.15) is 11.5 Å². The molecule has 96 valence electrons. The van der Waals surface area contributed by atoms with Gasteiger partial charge in [0.25, 0.3) is 0 Å². The highest BCUT2D eigenvalue weighted by Crippen LogP contribution is 2.25. The van der Waals surface area contributed by atoms with Crippen LogP contribution < -0.4 is 15.2 Å². The van der Waals surface area contributed by atoms with Gasteiger partial charge in [-0.25, -0.2) is 0 Å². The zero-order chi connectivity index (χ0) is 12.7. The summed E-state index contributed by atoms with van der Waals surface area (Å²) in [6.45, 7) is 2.16. The molecular formula is C14H23NO2. The molecule has 3 heteroatoms. The largest absolute Gasteiger partial charge is 0.497 e. The Balaban J connectivity index is 2.67. The van der Waals surface area contributed by atoms with Gasteiger partial charge in [-0.05, 0) is 43.0 Å². The van der Waals surface area contributed by atoms with Gasteiger partial charge in [0, 0.05) is 6.04 Å². The maximum absolute atomic E-state index is 6.02. The van der Waals surface area contributed by atoms with Gasteiger partial charge in [-0.2, -0.15) is 0 Å². The van der Waals surface area contributed by atoms with E-state index in [9.17, 15) is 0 Å². The second kappa shape index (κ2) is 7.17. The fraction of sp³-hybridized carbons (Fsp3) is 0.571. The third-order valence-corrected chi connectivity index (χ3v) is 2.93. The molecule has 0 aliphatic rings. The Morgan fingerprint density at radius 1 is 1.18 bits per heavy atom. The molecule has 0 aliphatic carbocycles. The van der Waals surface area contributed by atoms with Crippen LogP contribution in [0.1, 0.15) is 31.7 Å². The number of rotatable bonds is 7. The Labute approximate surface area is 104 Å². The van der Waals surface area contributed by atoms with E-state index in [4.69, 9.17) is 15.2 Å². The van der Waals surface area contributed by atoms with Gasteiger partial charge in [0.15, 0.2) is 0 Å². The second-order valence-electron chi connectivity index (χ2n) is 4.27. The second-order valence-corrected chi connectivity index (χ2v) is 4.27. The zero-order valence-electron chi connectivity index (χ0n) is 11.0. The first-order chi connectivity index (χ1) is 8.21. The van der Waals surface area contributed by atoms with Gasteiger partial charge >= 0.3 is 0 Å². The van der Waals surface area contributed by atoms with Crippen molar-refractivity contribution in [3.05, 3.63) is 23.8 Å². The van der Waals surface area contributed by atoms with E-state index >= 15 is 0 Å². The van der Waals surface area contributed by atoms with Crippen LogP contribution in [0.5, 0.6) is 11.5 Å². The van der Waals surface area contributed by atoms with E-state index < -0.39 is 0 Å². The lowest BCUT2D eigenvalue weighted by Gasteiger charge is -2.13. The quantitative estimate of drug-likeness (QED) is 0.793. The molecule has 0 amide bonds. The van der Waals surface area contributed by atoms with Crippen molar-refractivity contribution in [1.29, 1.82) is 0 Å². The minimum absolute atomic E-state index is 0.274. The number of methoxy groups -OCH3 is 2. The van der Waals surface area contributed by atoms with E-state index in [1.807, 2.05) is 18.2 Å². The lowest BCUT2D eigenvalue weighted by molar-refractivity contribution is 0.397. The molecule has 1 atom stereocenters. The lowest BCUT2D eigenvalue weighted by Crippen LogP contribution is -2.20. The van der Waals surface area contributed by atoms with Crippen LogP contribution in [0.4, 0.5) is 0 Å². The van der Waals surface area contributed by atoms with Crippen LogP contribution in [0.25, 0.3) is 0 Å². The molecule has 3 nitrogen and oxygen atoms in total. The van der Waals surface area contributed by atoms with Crippen molar-refractivity contribution in [2.45, 2.75) is 38.6 Å². The summed E-state index contributed by atoms with van der Waals surface area (Å²) >= 11 is 0. The number of aryl methyl sites for hydroxylation is 1. The lowest BCUT2D eigenvalue weighted by atomic mass is 10.0.